The zero-order valence-electron chi connectivity index (χ0n) is 16.4. The first-order valence-corrected chi connectivity index (χ1v) is 9.73. The van der Waals surface area contributed by atoms with E-state index in [4.69, 9.17) is 15.2 Å². The Hall–Kier alpha value is -3.19. The number of carbonyl (C=O) groups excluding carboxylic acids is 1. The van der Waals surface area contributed by atoms with E-state index in [9.17, 15) is 4.79 Å². The number of hydrogen-bond donors (Lipinski definition) is 2. The molecule has 0 aliphatic carbocycles. The molecular formula is C22H24N4O3. The van der Waals surface area contributed by atoms with Crippen LogP contribution < -0.4 is 15.8 Å². The summed E-state index contributed by atoms with van der Waals surface area (Å²) < 4.78 is 11.4. The van der Waals surface area contributed by atoms with Crippen LogP contribution in [-0.2, 0) is 4.74 Å². The summed E-state index contributed by atoms with van der Waals surface area (Å²) in [5, 5.41) is 4.77. The number of hydrogen-bond acceptors (Lipinski definition) is 6. The molecule has 29 heavy (non-hydrogen) atoms. The van der Waals surface area contributed by atoms with Crippen LogP contribution in [0.4, 0.5) is 11.4 Å². The maximum Gasteiger partial charge on any atom is 0.276 e. The zero-order chi connectivity index (χ0) is 20.2. The molecule has 3 heterocycles. The van der Waals surface area contributed by atoms with Crippen molar-refractivity contribution >= 4 is 28.1 Å². The highest BCUT2D eigenvalue weighted by Crippen LogP contribution is 2.29. The Labute approximate surface area is 169 Å². The molecule has 1 amide bonds. The molecule has 3 N–H and O–H groups in total. The number of pyridine rings is 2. The molecule has 0 spiro atoms. The van der Waals surface area contributed by atoms with E-state index in [1.807, 2.05) is 25.1 Å². The van der Waals surface area contributed by atoms with E-state index < -0.39 is 0 Å². The summed E-state index contributed by atoms with van der Waals surface area (Å²) in [4.78, 5) is 21.0. The highest BCUT2D eigenvalue weighted by molar-refractivity contribution is 6.07. The van der Waals surface area contributed by atoms with Gasteiger partial charge in [-0.15, -0.1) is 0 Å². The quantitative estimate of drug-likeness (QED) is 0.688. The number of fused-ring (bicyclic) bond motifs is 1. The summed E-state index contributed by atoms with van der Waals surface area (Å²) in [5.74, 6) is 0.762. The van der Waals surface area contributed by atoms with E-state index in [0.717, 1.165) is 42.4 Å². The summed E-state index contributed by atoms with van der Waals surface area (Å²) in [6.45, 7) is 4.20. The molecule has 1 aliphatic heterocycles. The number of benzene rings is 1. The van der Waals surface area contributed by atoms with Gasteiger partial charge in [0.1, 0.15) is 0 Å². The van der Waals surface area contributed by atoms with Crippen molar-refractivity contribution in [3.8, 4) is 5.88 Å². The maximum absolute atomic E-state index is 12.5. The highest BCUT2D eigenvalue weighted by atomic mass is 16.5. The first kappa shape index (κ1) is 19.1. The third-order valence-electron chi connectivity index (χ3n) is 5.16. The predicted octanol–water partition coefficient (Wildman–Crippen LogP) is 3.58. The number of aryl methyl sites for hydroxylation is 1. The van der Waals surface area contributed by atoms with Crippen LogP contribution >= 0.6 is 0 Å². The number of amides is 1. The molecule has 0 bridgehead atoms. The van der Waals surface area contributed by atoms with Crippen LogP contribution in [0.3, 0.4) is 0 Å². The van der Waals surface area contributed by atoms with Crippen LogP contribution in [0.15, 0.2) is 42.7 Å². The molecule has 3 aromatic rings. The molecule has 0 unspecified atom stereocenters. The number of nitrogens with zero attached hydrogens (tertiary/aromatic N) is 2. The van der Waals surface area contributed by atoms with Gasteiger partial charge >= 0.3 is 0 Å². The first-order valence-electron chi connectivity index (χ1n) is 9.73. The van der Waals surface area contributed by atoms with Gasteiger partial charge < -0.3 is 20.5 Å². The summed E-state index contributed by atoms with van der Waals surface area (Å²) in [6.07, 6.45) is 5.36. The Balaban J connectivity index is 1.55. The monoisotopic (exact) mass is 392 g/mol. The molecule has 150 valence electrons. The summed E-state index contributed by atoms with van der Waals surface area (Å²) >= 11 is 0. The molecule has 1 aliphatic rings. The van der Waals surface area contributed by atoms with Crippen LogP contribution in [0.5, 0.6) is 5.88 Å². The molecule has 0 saturated carbocycles. The van der Waals surface area contributed by atoms with Gasteiger partial charge in [-0.25, -0.2) is 9.97 Å². The fraction of sp³-hybridized carbons (Fsp3) is 0.318. The molecule has 1 saturated heterocycles. The van der Waals surface area contributed by atoms with Crippen LogP contribution in [0.1, 0.15) is 28.9 Å². The van der Waals surface area contributed by atoms with Gasteiger partial charge in [-0.1, -0.05) is 0 Å². The van der Waals surface area contributed by atoms with Crippen LogP contribution in [-0.4, -0.2) is 35.7 Å². The second-order valence-corrected chi connectivity index (χ2v) is 7.27. The maximum atomic E-state index is 12.5. The molecule has 0 atom stereocenters. The van der Waals surface area contributed by atoms with Crippen molar-refractivity contribution in [3.05, 3.63) is 54.0 Å². The third-order valence-corrected chi connectivity index (χ3v) is 5.16. The largest absolute Gasteiger partial charge is 0.477 e. The summed E-state index contributed by atoms with van der Waals surface area (Å²) in [7, 11) is 0. The Morgan fingerprint density at radius 2 is 2.07 bits per heavy atom. The van der Waals surface area contributed by atoms with E-state index in [2.05, 4.69) is 15.3 Å². The molecule has 4 rings (SSSR count). The van der Waals surface area contributed by atoms with Crippen molar-refractivity contribution in [2.45, 2.75) is 19.8 Å². The van der Waals surface area contributed by atoms with Crippen molar-refractivity contribution in [1.29, 1.82) is 0 Å². The Morgan fingerprint density at radius 1 is 1.24 bits per heavy atom. The van der Waals surface area contributed by atoms with Gasteiger partial charge in [0, 0.05) is 36.7 Å². The zero-order valence-corrected chi connectivity index (χ0v) is 16.4. The van der Waals surface area contributed by atoms with Gasteiger partial charge in [0.25, 0.3) is 5.91 Å². The Morgan fingerprint density at radius 3 is 2.86 bits per heavy atom. The second kappa shape index (κ2) is 8.45. The topological polar surface area (TPSA) is 99.4 Å². The number of carbonyl (C=O) groups is 1. The van der Waals surface area contributed by atoms with Crippen molar-refractivity contribution in [2.75, 3.05) is 30.9 Å². The van der Waals surface area contributed by atoms with Crippen LogP contribution in [0, 0.1) is 12.8 Å². The van der Waals surface area contributed by atoms with Gasteiger partial charge in [0.15, 0.2) is 5.69 Å². The first-order chi connectivity index (χ1) is 14.1. The molecule has 7 heteroatoms. The molecule has 7 nitrogen and oxygen atoms in total. The second-order valence-electron chi connectivity index (χ2n) is 7.27. The molecule has 1 fully saturated rings. The molecule has 2 aromatic heterocycles. The van der Waals surface area contributed by atoms with Gasteiger partial charge in [-0.05, 0) is 67.0 Å². The Kier molecular flexibility index (Phi) is 5.57. The average molecular weight is 392 g/mol. The van der Waals surface area contributed by atoms with E-state index >= 15 is 0 Å². The third kappa shape index (κ3) is 4.30. The standard InChI is InChI=1S/C22H24N4O3/c1-14-12-25-22(29-13-15-6-9-28-10-7-15)17-5-4-16(11-18(14)17)26-21(27)20-19(23)3-2-8-24-20/h2-5,8,11-12,15H,6-7,9-10,13,23H2,1H3,(H,26,27). The lowest BCUT2D eigenvalue weighted by atomic mass is 10.0. The number of nitrogen functional groups attached to an aromatic ring is 1. The van der Waals surface area contributed by atoms with Crippen LogP contribution in [0.2, 0.25) is 0 Å². The number of anilines is 2. The molecule has 0 radical (unpaired) electrons. The van der Waals surface area contributed by atoms with Crippen molar-refractivity contribution in [3.63, 3.8) is 0 Å². The SMILES string of the molecule is Cc1cnc(OCC2CCOCC2)c2ccc(NC(=O)c3ncccc3N)cc12. The van der Waals surface area contributed by atoms with Gasteiger partial charge in [0.05, 0.1) is 12.3 Å². The van der Waals surface area contributed by atoms with Gasteiger partial charge in [-0.2, -0.15) is 0 Å². The van der Waals surface area contributed by atoms with E-state index in [0.29, 0.717) is 29.8 Å². The predicted molar refractivity (Wildman–Crippen MR) is 112 cm³/mol. The smallest absolute Gasteiger partial charge is 0.276 e. The lowest BCUT2D eigenvalue weighted by Crippen LogP contribution is -2.21. The van der Waals surface area contributed by atoms with Crippen LogP contribution in [0.25, 0.3) is 10.8 Å². The van der Waals surface area contributed by atoms with E-state index in [1.54, 1.807) is 24.5 Å². The lowest BCUT2D eigenvalue weighted by Gasteiger charge is -2.22. The summed E-state index contributed by atoms with van der Waals surface area (Å²) in [6, 6.07) is 9.03. The number of ether oxygens (including phenoxy) is 2. The normalized spacial score (nSPS) is 14.7. The minimum Gasteiger partial charge on any atom is -0.477 e. The van der Waals surface area contributed by atoms with Gasteiger partial charge in [0.2, 0.25) is 5.88 Å². The average Bonchev–Trinajstić information content (AvgIpc) is 2.74. The summed E-state index contributed by atoms with van der Waals surface area (Å²) in [5.41, 5.74) is 8.07. The van der Waals surface area contributed by atoms with Gasteiger partial charge in [-0.3, -0.25) is 4.79 Å². The minimum atomic E-state index is -0.342. The van der Waals surface area contributed by atoms with Crippen molar-refractivity contribution < 1.29 is 14.3 Å². The van der Waals surface area contributed by atoms with E-state index in [1.165, 1.54) is 0 Å². The molecule has 1 aromatic carbocycles. The lowest BCUT2D eigenvalue weighted by molar-refractivity contribution is 0.0493. The number of nitrogens with two attached hydrogens (primary N) is 1. The number of rotatable bonds is 5. The number of nitrogens with one attached hydrogen (secondary N) is 1. The molecular weight excluding hydrogens is 368 g/mol. The highest BCUT2D eigenvalue weighted by Gasteiger charge is 2.16. The van der Waals surface area contributed by atoms with Crippen molar-refractivity contribution in [1.82, 2.24) is 9.97 Å². The Bertz CT molecular complexity index is 1030. The van der Waals surface area contributed by atoms with Crippen molar-refractivity contribution in [2.24, 2.45) is 5.92 Å². The minimum absolute atomic E-state index is 0.208. The fourth-order valence-corrected chi connectivity index (χ4v) is 3.45. The number of aromatic nitrogens is 2. The fourth-order valence-electron chi connectivity index (χ4n) is 3.45. The van der Waals surface area contributed by atoms with E-state index in [-0.39, 0.29) is 11.6 Å².